The molecule has 4 heteroatoms. The molecule has 0 bridgehead atoms. The van der Waals surface area contributed by atoms with Crippen molar-refractivity contribution in [1.82, 2.24) is 14.5 Å². The molecule has 4 nitrogen and oxygen atoms in total. The molecule has 1 aliphatic heterocycles. The molecule has 1 aromatic heterocycles. The third-order valence-electron chi connectivity index (χ3n) is 5.10. The zero-order valence-electron chi connectivity index (χ0n) is 14.1. The minimum absolute atomic E-state index is 0.110. The van der Waals surface area contributed by atoms with Crippen molar-refractivity contribution in [3.05, 3.63) is 65.5 Å². The number of carbonyl (C=O) groups is 1. The van der Waals surface area contributed by atoms with Crippen molar-refractivity contribution in [1.29, 1.82) is 0 Å². The quantitative estimate of drug-likeness (QED) is 0.725. The lowest BCUT2D eigenvalue weighted by Gasteiger charge is -2.17. The van der Waals surface area contributed by atoms with E-state index in [4.69, 9.17) is 0 Å². The lowest BCUT2D eigenvalue weighted by atomic mass is 9.99. The molecule has 2 heterocycles. The van der Waals surface area contributed by atoms with Gasteiger partial charge >= 0.3 is 0 Å². The molecule has 0 saturated carbocycles. The second-order valence-corrected chi connectivity index (χ2v) is 6.57. The van der Waals surface area contributed by atoms with Crippen LogP contribution in [0.5, 0.6) is 0 Å². The summed E-state index contributed by atoms with van der Waals surface area (Å²) in [5, 5.41) is 0. The number of likely N-dealkylation sites (tertiary alicyclic amines) is 1. The van der Waals surface area contributed by atoms with Crippen molar-refractivity contribution in [2.24, 2.45) is 7.05 Å². The Morgan fingerprint density at radius 3 is 2.75 bits per heavy atom. The molecule has 0 spiro atoms. The van der Waals surface area contributed by atoms with Gasteiger partial charge in [0.05, 0.1) is 11.0 Å². The van der Waals surface area contributed by atoms with Crippen molar-refractivity contribution in [2.45, 2.75) is 19.3 Å². The van der Waals surface area contributed by atoms with Crippen LogP contribution in [0.3, 0.4) is 0 Å². The fraction of sp³-hybridized carbons (Fsp3) is 0.300. The molecule has 1 fully saturated rings. The maximum absolute atomic E-state index is 12.9. The Kier molecular flexibility index (Phi) is 3.60. The van der Waals surface area contributed by atoms with Gasteiger partial charge in [0.2, 0.25) is 0 Å². The Bertz CT molecular complexity index is 898. The van der Waals surface area contributed by atoms with Crippen LogP contribution in [0.2, 0.25) is 0 Å². The van der Waals surface area contributed by atoms with Gasteiger partial charge in [-0.2, -0.15) is 0 Å². The maximum atomic E-state index is 12.9. The van der Waals surface area contributed by atoms with Crippen LogP contribution in [0.1, 0.15) is 34.1 Å². The molecule has 1 atom stereocenters. The summed E-state index contributed by atoms with van der Waals surface area (Å²) in [4.78, 5) is 19.4. The zero-order chi connectivity index (χ0) is 16.7. The van der Waals surface area contributed by atoms with E-state index in [9.17, 15) is 4.79 Å². The fourth-order valence-electron chi connectivity index (χ4n) is 3.58. The molecular formula is C20H21N3O. The highest BCUT2D eigenvalue weighted by Crippen LogP contribution is 2.28. The van der Waals surface area contributed by atoms with Gasteiger partial charge in [-0.1, -0.05) is 30.3 Å². The highest BCUT2D eigenvalue weighted by molar-refractivity contribution is 5.97. The van der Waals surface area contributed by atoms with Crippen molar-refractivity contribution in [3.8, 4) is 0 Å². The van der Waals surface area contributed by atoms with E-state index in [1.165, 1.54) is 5.56 Å². The Balaban J connectivity index is 1.56. The Morgan fingerprint density at radius 1 is 1.17 bits per heavy atom. The van der Waals surface area contributed by atoms with Crippen molar-refractivity contribution >= 4 is 16.9 Å². The topological polar surface area (TPSA) is 38.1 Å². The molecule has 4 rings (SSSR count). The molecule has 1 saturated heterocycles. The van der Waals surface area contributed by atoms with E-state index in [1.807, 2.05) is 47.7 Å². The molecule has 0 unspecified atom stereocenters. The number of fused-ring (bicyclic) bond motifs is 1. The average Bonchev–Trinajstić information content (AvgIpc) is 3.21. The number of nitrogens with zero attached hydrogens (tertiary/aromatic N) is 3. The van der Waals surface area contributed by atoms with Gasteiger partial charge in [-0.05, 0) is 37.1 Å². The zero-order valence-corrected chi connectivity index (χ0v) is 14.1. The highest BCUT2D eigenvalue weighted by atomic mass is 16.2. The molecule has 24 heavy (non-hydrogen) atoms. The van der Waals surface area contributed by atoms with Gasteiger partial charge in [0.1, 0.15) is 5.82 Å². The van der Waals surface area contributed by atoms with Crippen LogP contribution >= 0.6 is 0 Å². The smallest absolute Gasteiger partial charge is 0.253 e. The number of aromatic nitrogens is 2. The molecular weight excluding hydrogens is 298 g/mol. The predicted octanol–water partition coefficient (Wildman–Crippen LogP) is 3.51. The van der Waals surface area contributed by atoms with Gasteiger partial charge in [0.25, 0.3) is 5.91 Å². The van der Waals surface area contributed by atoms with Crippen LogP contribution in [0.4, 0.5) is 0 Å². The van der Waals surface area contributed by atoms with Crippen LogP contribution in [-0.4, -0.2) is 33.4 Å². The first-order valence-electron chi connectivity index (χ1n) is 8.41. The molecule has 0 N–H and O–H groups in total. The number of amides is 1. The van der Waals surface area contributed by atoms with Crippen LogP contribution in [0.15, 0.2) is 48.5 Å². The van der Waals surface area contributed by atoms with E-state index in [2.05, 4.69) is 29.2 Å². The molecule has 1 amide bonds. The third-order valence-corrected chi connectivity index (χ3v) is 5.10. The number of rotatable bonds is 2. The summed E-state index contributed by atoms with van der Waals surface area (Å²) in [5.41, 5.74) is 4.00. The van der Waals surface area contributed by atoms with E-state index < -0.39 is 0 Å². The van der Waals surface area contributed by atoms with Gasteiger partial charge < -0.3 is 9.47 Å². The Labute approximate surface area is 141 Å². The molecule has 2 aromatic carbocycles. The monoisotopic (exact) mass is 319 g/mol. The maximum Gasteiger partial charge on any atom is 0.253 e. The summed E-state index contributed by atoms with van der Waals surface area (Å²) in [6.07, 6.45) is 1.03. The minimum atomic E-state index is 0.110. The summed E-state index contributed by atoms with van der Waals surface area (Å²) in [6, 6.07) is 16.3. The van der Waals surface area contributed by atoms with Crippen LogP contribution in [-0.2, 0) is 7.05 Å². The van der Waals surface area contributed by atoms with E-state index in [1.54, 1.807) is 0 Å². The molecule has 3 aromatic rings. The van der Waals surface area contributed by atoms with E-state index in [-0.39, 0.29) is 5.91 Å². The van der Waals surface area contributed by atoms with Crippen LogP contribution < -0.4 is 0 Å². The second-order valence-electron chi connectivity index (χ2n) is 6.57. The highest BCUT2D eigenvalue weighted by Gasteiger charge is 2.28. The van der Waals surface area contributed by atoms with E-state index in [0.717, 1.165) is 41.9 Å². The molecule has 1 aliphatic rings. The van der Waals surface area contributed by atoms with Crippen LogP contribution in [0.25, 0.3) is 11.0 Å². The first-order chi connectivity index (χ1) is 11.6. The summed E-state index contributed by atoms with van der Waals surface area (Å²) in [6.45, 7) is 3.59. The summed E-state index contributed by atoms with van der Waals surface area (Å²) in [7, 11) is 2.00. The normalized spacial score (nSPS) is 17.6. The predicted molar refractivity (Wildman–Crippen MR) is 95.2 cm³/mol. The SMILES string of the molecule is Cc1nc2cc(C(=O)N3CC[C@@H](c4ccccc4)C3)ccc2n1C. The van der Waals surface area contributed by atoms with Gasteiger partial charge in [0, 0.05) is 31.6 Å². The number of hydrogen-bond acceptors (Lipinski definition) is 2. The Hall–Kier alpha value is -2.62. The first-order valence-corrected chi connectivity index (χ1v) is 8.41. The van der Waals surface area contributed by atoms with Gasteiger partial charge in [-0.3, -0.25) is 4.79 Å². The Morgan fingerprint density at radius 2 is 1.96 bits per heavy atom. The van der Waals surface area contributed by atoms with Gasteiger partial charge in [-0.25, -0.2) is 4.98 Å². The molecule has 122 valence electrons. The lowest BCUT2D eigenvalue weighted by molar-refractivity contribution is 0.0791. The van der Waals surface area contributed by atoms with Gasteiger partial charge in [0.15, 0.2) is 0 Å². The summed E-state index contributed by atoms with van der Waals surface area (Å²) < 4.78 is 2.05. The molecule has 0 aliphatic carbocycles. The van der Waals surface area contributed by atoms with Gasteiger partial charge in [-0.15, -0.1) is 0 Å². The number of carbonyl (C=O) groups excluding carboxylic acids is 1. The minimum Gasteiger partial charge on any atom is -0.338 e. The molecule has 0 radical (unpaired) electrons. The largest absolute Gasteiger partial charge is 0.338 e. The van der Waals surface area contributed by atoms with E-state index >= 15 is 0 Å². The number of aryl methyl sites for hydroxylation is 2. The van der Waals surface area contributed by atoms with E-state index in [0.29, 0.717) is 5.92 Å². The number of imidazole rings is 1. The first kappa shape index (κ1) is 14.9. The summed E-state index contributed by atoms with van der Waals surface area (Å²) in [5.74, 6) is 1.51. The summed E-state index contributed by atoms with van der Waals surface area (Å²) >= 11 is 0. The number of benzene rings is 2. The van der Waals surface area contributed by atoms with Crippen molar-refractivity contribution < 1.29 is 4.79 Å². The van der Waals surface area contributed by atoms with Crippen molar-refractivity contribution in [2.75, 3.05) is 13.1 Å². The average molecular weight is 319 g/mol. The lowest BCUT2D eigenvalue weighted by Crippen LogP contribution is -2.28. The fourth-order valence-corrected chi connectivity index (χ4v) is 3.58. The number of hydrogen-bond donors (Lipinski definition) is 0. The standard InChI is InChI=1S/C20H21N3O/c1-14-21-18-12-16(8-9-19(18)22(14)2)20(24)23-11-10-17(13-23)15-6-4-3-5-7-15/h3-9,12,17H,10-11,13H2,1-2H3/t17-/m1/s1. The van der Waals surface area contributed by atoms with Crippen molar-refractivity contribution in [3.63, 3.8) is 0 Å². The second kappa shape index (κ2) is 5.78. The third kappa shape index (κ3) is 2.48. The van der Waals surface area contributed by atoms with Crippen LogP contribution in [0, 0.1) is 6.92 Å².